The van der Waals surface area contributed by atoms with E-state index in [0.717, 1.165) is 12.1 Å². The lowest BCUT2D eigenvalue weighted by atomic mass is 10.2. The summed E-state index contributed by atoms with van der Waals surface area (Å²) in [6, 6.07) is 6.83. The average Bonchev–Trinajstić information content (AvgIpc) is 2.92. The van der Waals surface area contributed by atoms with Gasteiger partial charge in [0.25, 0.3) is 0 Å². The van der Waals surface area contributed by atoms with Gasteiger partial charge in [0.05, 0.1) is 6.54 Å². The molecule has 0 aliphatic heterocycles. The summed E-state index contributed by atoms with van der Waals surface area (Å²) in [5.74, 6) is 0.00599. The summed E-state index contributed by atoms with van der Waals surface area (Å²) in [6.45, 7) is 4.44. The van der Waals surface area contributed by atoms with E-state index in [2.05, 4.69) is 10.4 Å². The van der Waals surface area contributed by atoms with Crippen LogP contribution in [0.3, 0.4) is 0 Å². The Labute approximate surface area is 112 Å². The fraction of sp³-hybridized carbons (Fsp3) is 0.357. The van der Waals surface area contributed by atoms with Crippen LogP contribution in [0, 0.1) is 5.82 Å². The highest BCUT2D eigenvalue weighted by Gasteiger charge is 2.09. The smallest absolute Gasteiger partial charge is 0.165 e. The maximum atomic E-state index is 13.8. The van der Waals surface area contributed by atoms with Crippen molar-refractivity contribution >= 4 is 0 Å². The Balaban J connectivity index is 1.97. The second-order valence-corrected chi connectivity index (χ2v) is 4.13. The highest BCUT2D eigenvalue weighted by atomic mass is 19.1. The number of nitrogens with one attached hydrogen (secondary N) is 1. The van der Waals surface area contributed by atoms with Gasteiger partial charge in [-0.15, -0.1) is 0 Å². The summed E-state index contributed by atoms with van der Waals surface area (Å²) >= 11 is 0. The number of rotatable bonds is 7. The third kappa shape index (κ3) is 3.79. The number of ether oxygens (including phenoxy) is 1. The Bertz CT molecular complexity index is 499. The minimum Gasteiger partial charge on any atom is -0.488 e. The first-order valence-corrected chi connectivity index (χ1v) is 6.39. The van der Waals surface area contributed by atoms with Crippen molar-refractivity contribution < 1.29 is 9.13 Å². The van der Waals surface area contributed by atoms with Crippen molar-refractivity contribution in [2.45, 2.75) is 20.0 Å². The zero-order valence-corrected chi connectivity index (χ0v) is 11.0. The fourth-order valence-electron chi connectivity index (χ4n) is 1.79. The van der Waals surface area contributed by atoms with Crippen LogP contribution in [0.5, 0.6) is 5.75 Å². The molecule has 102 valence electrons. The van der Waals surface area contributed by atoms with Crippen LogP contribution in [-0.4, -0.2) is 22.9 Å². The van der Waals surface area contributed by atoms with Gasteiger partial charge < -0.3 is 10.1 Å². The van der Waals surface area contributed by atoms with Crippen LogP contribution in [-0.2, 0) is 13.1 Å². The molecule has 1 N–H and O–H groups in total. The van der Waals surface area contributed by atoms with E-state index in [1.807, 2.05) is 25.3 Å². The van der Waals surface area contributed by atoms with Crippen LogP contribution in [0.15, 0.2) is 36.7 Å². The summed E-state index contributed by atoms with van der Waals surface area (Å²) in [7, 11) is 0. The van der Waals surface area contributed by atoms with Gasteiger partial charge in [0.15, 0.2) is 11.6 Å². The molecule has 1 aromatic heterocycles. The molecule has 2 rings (SSSR count). The van der Waals surface area contributed by atoms with Gasteiger partial charge in [-0.2, -0.15) is 5.10 Å². The third-order valence-electron chi connectivity index (χ3n) is 2.74. The topological polar surface area (TPSA) is 39.1 Å². The maximum absolute atomic E-state index is 13.8. The van der Waals surface area contributed by atoms with Crippen LogP contribution in [0.4, 0.5) is 4.39 Å². The molecule has 0 aliphatic rings. The molecular weight excluding hydrogens is 245 g/mol. The lowest BCUT2D eigenvalue weighted by molar-refractivity contribution is 0.275. The van der Waals surface area contributed by atoms with Crippen LogP contribution in [0.25, 0.3) is 0 Å². The van der Waals surface area contributed by atoms with E-state index < -0.39 is 0 Å². The van der Waals surface area contributed by atoms with E-state index in [1.165, 1.54) is 6.07 Å². The standard InChI is InChI=1S/C14H18FN3O/c1-2-16-11-12-5-3-6-13(15)14(12)19-10-9-18-8-4-7-17-18/h3-8,16H,2,9-11H2,1H3. The van der Waals surface area contributed by atoms with E-state index in [-0.39, 0.29) is 5.82 Å². The Morgan fingerprint density at radius 2 is 2.26 bits per heavy atom. The molecule has 0 unspecified atom stereocenters. The normalized spacial score (nSPS) is 10.6. The van der Waals surface area contributed by atoms with E-state index in [1.54, 1.807) is 16.9 Å². The maximum Gasteiger partial charge on any atom is 0.165 e. The molecule has 0 spiro atoms. The molecule has 1 heterocycles. The van der Waals surface area contributed by atoms with Gasteiger partial charge in [0, 0.05) is 24.5 Å². The quantitative estimate of drug-likeness (QED) is 0.832. The minimum atomic E-state index is -0.323. The van der Waals surface area contributed by atoms with Crippen molar-refractivity contribution in [1.82, 2.24) is 15.1 Å². The summed E-state index contributed by atoms with van der Waals surface area (Å²) in [5, 5.41) is 7.24. The first-order chi connectivity index (χ1) is 9.31. The SMILES string of the molecule is CCNCc1cccc(F)c1OCCn1cccn1. The second kappa shape index (κ2) is 6.89. The Morgan fingerprint density at radius 3 is 3.00 bits per heavy atom. The van der Waals surface area contributed by atoms with Crippen LogP contribution in [0.2, 0.25) is 0 Å². The van der Waals surface area contributed by atoms with Gasteiger partial charge in [-0.25, -0.2) is 4.39 Å². The van der Waals surface area contributed by atoms with Crippen molar-refractivity contribution in [3.8, 4) is 5.75 Å². The van der Waals surface area contributed by atoms with Crippen molar-refractivity contribution in [3.05, 3.63) is 48.0 Å². The Hall–Kier alpha value is -1.88. The van der Waals surface area contributed by atoms with E-state index in [9.17, 15) is 4.39 Å². The van der Waals surface area contributed by atoms with Gasteiger partial charge in [-0.3, -0.25) is 4.68 Å². The van der Waals surface area contributed by atoms with Gasteiger partial charge in [-0.1, -0.05) is 19.1 Å². The number of hydrogen-bond donors (Lipinski definition) is 1. The molecule has 0 radical (unpaired) electrons. The summed E-state index contributed by atoms with van der Waals surface area (Å²) in [6.07, 6.45) is 3.56. The average molecular weight is 263 g/mol. The first-order valence-electron chi connectivity index (χ1n) is 6.39. The number of hydrogen-bond acceptors (Lipinski definition) is 3. The number of para-hydroxylation sites is 1. The molecule has 0 bridgehead atoms. The molecule has 0 aliphatic carbocycles. The van der Waals surface area contributed by atoms with Crippen molar-refractivity contribution in [2.24, 2.45) is 0 Å². The fourth-order valence-corrected chi connectivity index (χ4v) is 1.79. The van der Waals surface area contributed by atoms with Crippen molar-refractivity contribution in [3.63, 3.8) is 0 Å². The summed E-state index contributed by atoms with van der Waals surface area (Å²) in [4.78, 5) is 0. The molecule has 0 amide bonds. The zero-order chi connectivity index (χ0) is 13.5. The Morgan fingerprint density at radius 1 is 1.37 bits per heavy atom. The first kappa shape index (κ1) is 13.5. The van der Waals surface area contributed by atoms with Gasteiger partial charge in [-0.05, 0) is 18.7 Å². The molecule has 2 aromatic rings. The number of halogens is 1. The summed E-state index contributed by atoms with van der Waals surface area (Å²) < 4.78 is 21.1. The zero-order valence-electron chi connectivity index (χ0n) is 11.0. The molecule has 5 heteroatoms. The van der Waals surface area contributed by atoms with Crippen LogP contribution in [0.1, 0.15) is 12.5 Å². The van der Waals surface area contributed by atoms with E-state index in [0.29, 0.717) is 25.4 Å². The van der Waals surface area contributed by atoms with E-state index in [4.69, 9.17) is 4.74 Å². The highest BCUT2D eigenvalue weighted by molar-refractivity contribution is 5.34. The molecule has 4 nitrogen and oxygen atoms in total. The van der Waals surface area contributed by atoms with Gasteiger partial charge in [0.2, 0.25) is 0 Å². The molecule has 19 heavy (non-hydrogen) atoms. The van der Waals surface area contributed by atoms with Gasteiger partial charge >= 0.3 is 0 Å². The molecule has 0 atom stereocenters. The largest absolute Gasteiger partial charge is 0.488 e. The Kier molecular flexibility index (Phi) is 4.92. The highest BCUT2D eigenvalue weighted by Crippen LogP contribution is 2.22. The lowest BCUT2D eigenvalue weighted by Gasteiger charge is -2.12. The van der Waals surface area contributed by atoms with Crippen LogP contribution < -0.4 is 10.1 Å². The van der Waals surface area contributed by atoms with E-state index >= 15 is 0 Å². The number of benzene rings is 1. The monoisotopic (exact) mass is 263 g/mol. The third-order valence-corrected chi connectivity index (χ3v) is 2.74. The minimum absolute atomic E-state index is 0.323. The molecule has 0 fully saturated rings. The van der Waals surface area contributed by atoms with Crippen molar-refractivity contribution in [2.75, 3.05) is 13.2 Å². The molecule has 0 saturated heterocycles. The predicted molar refractivity (Wildman–Crippen MR) is 71.5 cm³/mol. The predicted octanol–water partition coefficient (Wildman–Crippen LogP) is 2.21. The number of aromatic nitrogens is 2. The number of nitrogens with zero attached hydrogens (tertiary/aromatic N) is 2. The lowest BCUT2D eigenvalue weighted by Crippen LogP contribution is -2.15. The van der Waals surface area contributed by atoms with Gasteiger partial charge in [0.1, 0.15) is 6.61 Å². The van der Waals surface area contributed by atoms with Crippen molar-refractivity contribution in [1.29, 1.82) is 0 Å². The second-order valence-electron chi connectivity index (χ2n) is 4.13. The molecule has 1 aromatic carbocycles. The molecular formula is C14H18FN3O. The summed E-state index contributed by atoms with van der Waals surface area (Å²) in [5.41, 5.74) is 0.835. The molecule has 0 saturated carbocycles. The van der Waals surface area contributed by atoms with Crippen LogP contribution >= 0.6 is 0 Å².